The first-order valence-corrected chi connectivity index (χ1v) is 9.59. The van der Waals surface area contributed by atoms with E-state index < -0.39 is 11.7 Å². The molecule has 0 aliphatic heterocycles. The number of nitrogens with one attached hydrogen (secondary N) is 1. The Labute approximate surface area is 174 Å². The van der Waals surface area contributed by atoms with Crippen LogP contribution in [0, 0.1) is 26.6 Å². The molecule has 0 aliphatic rings. The van der Waals surface area contributed by atoms with Crippen LogP contribution in [0.2, 0.25) is 0 Å². The fraction of sp³-hybridized carbons (Fsp3) is 0.125. The van der Waals surface area contributed by atoms with Gasteiger partial charge in [-0.25, -0.2) is 14.1 Å². The summed E-state index contributed by atoms with van der Waals surface area (Å²) < 4.78 is 15.1. The number of rotatable bonds is 4. The third-order valence-electron chi connectivity index (χ3n) is 4.80. The van der Waals surface area contributed by atoms with E-state index in [4.69, 9.17) is 0 Å². The van der Waals surface area contributed by atoms with Gasteiger partial charge in [0.05, 0.1) is 5.69 Å². The molecular weight excluding hydrogens is 379 g/mol. The van der Waals surface area contributed by atoms with E-state index in [0.717, 1.165) is 27.9 Å². The van der Waals surface area contributed by atoms with Gasteiger partial charge in [-0.3, -0.25) is 4.79 Å². The molecule has 0 spiro atoms. The molecule has 0 atom stereocenters. The second-order valence-electron chi connectivity index (χ2n) is 7.29. The lowest BCUT2D eigenvalue weighted by atomic mass is 10.1. The van der Waals surface area contributed by atoms with Crippen molar-refractivity contribution in [2.75, 3.05) is 5.32 Å². The summed E-state index contributed by atoms with van der Waals surface area (Å²) >= 11 is 0. The molecule has 0 unspecified atom stereocenters. The Morgan fingerprint density at radius 2 is 1.67 bits per heavy atom. The molecule has 0 bridgehead atoms. The molecule has 1 aromatic heterocycles. The summed E-state index contributed by atoms with van der Waals surface area (Å²) in [7, 11) is 0. The molecule has 0 radical (unpaired) electrons. The average Bonchev–Trinajstić information content (AvgIpc) is 3.16. The van der Waals surface area contributed by atoms with Gasteiger partial charge in [0.1, 0.15) is 5.82 Å². The van der Waals surface area contributed by atoms with Crippen molar-refractivity contribution in [1.29, 1.82) is 0 Å². The van der Waals surface area contributed by atoms with Crippen LogP contribution in [0.1, 0.15) is 27.3 Å². The number of benzene rings is 3. The van der Waals surface area contributed by atoms with Gasteiger partial charge < -0.3 is 5.32 Å². The van der Waals surface area contributed by atoms with Crippen LogP contribution < -0.4 is 5.32 Å². The first-order valence-electron chi connectivity index (χ1n) is 9.59. The Balaban J connectivity index is 1.80. The van der Waals surface area contributed by atoms with Crippen LogP contribution in [0.4, 0.5) is 10.1 Å². The van der Waals surface area contributed by atoms with Crippen molar-refractivity contribution in [1.82, 2.24) is 14.8 Å². The first kappa shape index (κ1) is 19.5. The number of carbonyl (C=O) groups is 1. The Hall–Kier alpha value is -3.80. The van der Waals surface area contributed by atoms with Gasteiger partial charge in [-0.05, 0) is 56.2 Å². The van der Waals surface area contributed by atoms with E-state index in [1.807, 2.05) is 63.2 Å². The van der Waals surface area contributed by atoms with E-state index in [2.05, 4.69) is 15.4 Å². The number of hydrogen-bond donors (Lipinski definition) is 1. The number of anilines is 1. The van der Waals surface area contributed by atoms with Gasteiger partial charge in [0.25, 0.3) is 5.91 Å². The van der Waals surface area contributed by atoms with E-state index in [1.165, 1.54) is 18.2 Å². The largest absolute Gasteiger partial charge is 0.319 e. The number of aryl methyl sites for hydroxylation is 3. The molecule has 6 heteroatoms. The van der Waals surface area contributed by atoms with E-state index in [1.54, 1.807) is 10.7 Å². The van der Waals surface area contributed by atoms with E-state index in [0.29, 0.717) is 11.5 Å². The minimum Gasteiger partial charge on any atom is -0.319 e. The van der Waals surface area contributed by atoms with Crippen LogP contribution in [0.5, 0.6) is 0 Å². The molecule has 150 valence electrons. The van der Waals surface area contributed by atoms with Gasteiger partial charge in [0, 0.05) is 11.3 Å². The second-order valence-corrected chi connectivity index (χ2v) is 7.29. The summed E-state index contributed by atoms with van der Waals surface area (Å²) in [6.45, 7) is 6.00. The molecule has 0 fully saturated rings. The lowest BCUT2D eigenvalue weighted by Gasteiger charge is -2.10. The van der Waals surface area contributed by atoms with Crippen LogP contribution in [-0.4, -0.2) is 20.7 Å². The van der Waals surface area contributed by atoms with Crippen molar-refractivity contribution >= 4 is 11.6 Å². The minimum absolute atomic E-state index is 0.00995. The quantitative estimate of drug-likeness (QED) is 0.509. The van der Waals surface area contributed by atoms with Crippen LogP contribution in [0.3, 0.4) is 0 Å². The molecule has 4 rings (SSSR count). The van der Waals surface area contributed by atoms with E-state index in [-0.39, 0.29) is 5.82 Å². The smallest absolute Gasteiger partial charge is 0.295 e. The summed E-state index contributed by atoms with van der Waals surface area (Å²) in [6, 6.07) is 19.7. The van der Waals surface area contributed by atoms with Gasteiger partial charge in [-0.1, -0.05) is 48.0 Å². The zero-order chi connectivity index (χ0) is 21.3. The van der Waals surface area contributed by atoms with Gasteiger partial charge >= 0.3 is 0 Å². The molecule has 5 nitrogen and oxygen atoms in total. The monoisotopic (exact) mass is 400 g/mol. The zero-order valence-corrected chi connectivity index (χ0v) is 17.0. The maximum Gasteiger partial charge on any atom is 0.295 e. The fourth-order valence-corrected chi connectivity index (χ4v) is 3.17. The SMILES string of the molecule is Cc1ccc(-c2nc(C(=O)Nc3cccc(F)c3)nn2-c2cc(C)ccc2C)cc1. The number of aromatic nitrogens is 3. The van der Waals surface area contributed by atoms with Crippen LogP contribution >= 0.6 is 0 Å². The molecule has 1 heterocycles. The van der Waals surface area contributed by atoms with Crippen LogP contribution in [-0.2, 0) is 0 Å². The lowest BCUT2D eigenvalue weighted by Crippen LogP contribution is -2.14. The standard InChI is InChI=1S/C24H21FN4O/c1-15-8-11-18(12-9-15)23-27-22(24(30)26-20-6-4-5-19(25)14-20)28-29(23)21-13-16(2)7-10-17(21)3/h4-14H,1-3H3,(H,26,30). The molecule has 1 N–H and O–H groups in total. The summed E-state index contributed by atoms with van der Waals surface area (Å²) in [6.07, 6.45) is 0. The Morgan fingerprint density at radius 1 is 0.933 bits per heavy atom. The molecular formula is C24H21FN4O. The maximum absolute atomic E-state index is 13.5. The average molecular weight is 400 g/mol. The van der Waals surface area contributed by atoms with Crippen molar-refractivity contribution < 1.29 is 9.18 Å². The zero-order valence-electron chi connectivity index (χ0n) is 17.0. The van der Waals surface area contributed by atoms with Gasteiger partial charge in [-0.15, -0.1) is 5.10 Å². The predicted octanol–water partition coefficient (Wildman–Crippen LogP) is 5.25. The minimum atomic E-state index is -0.502. The molecule has 0 saturated heterocycles. The highest BCUT2D eigenvalue weighted by Crippen LogP contribution is 2.25. The van der Waals surface area contributed by atoms with Gasteiger partial charge in [0.2, 0.25) is 5.82 Å². The number of hydrogen-bond acceptors (Lipinski definition) is 3. The van der Waals surface area contributed by atoms with E-state index in [9.17, 15) is 9.18 Å². The number of nitrogens with zero attached hydrogens (tertiary/aromatic N) is 3. The van der Waals surface area contributed by atoms with Crippen molar-refractivity contribution in [3.05, 3.63) is 95.1 Å². The van der Waals surface area contributed by atoms with Crippen LogP contribution in [0.25, 0.3) is 17.1 Å². The summed E-state index contributed by atoms with van der Waals surface area (Å²) in [4.78, 5) is 17.3. The maximum atomic E-state index is 13.5. The highest BCUT2D eigenvalue weighted by Gasteiger charge is 2.20. The Morgan fingerprint density at radius 3 is 2.40 bits per heavy atom. The summed E-state index contributed by atoms with van der Waals surface area (Å²) in [5.74, 6) is -0.358. The van der Waals surface area contributed by atoms with E-state index >= 15 is 0 Å². The molecule has 3 aromatic carbocycles. The first-order chi connectivity index (χ1) is 14.4. The van der Waals surface area contributed by atoms with Gasteiger partial charge in [-0.2, -0.15) is 0 Å². The van der Waals surface area contributed by atoms with Crippen molar-refractivity contribution in [2.24, 2.45) is 0 Å². The van der Waals surface area contributed by atoms with Gasteiger partial charge in [0.15, 0.2) is 5.82 Å². The number of carbonyl (C=O) groups excluding carboxylic acids is 1. The lowest BCUT2D eigenvalue weighted by molar-refractivity contribution is 0.101. The molecule has 1 amide bonds. The summed E-state index contributed by atoms with van der Waals surface area (Å²) in [5.41, 5.74) is 5.25. The van der Waals surface area contributed by atoms with Crippen molar-refractivity contribution in [3.8, 4) is 17.1 Å². The normalized spacial score (nSPS) is 10.8. The molecule has 30 heavy (non-hydrogen) atoms. The predicted molar refractivity (Wildman–Crippen MR) is 115 cm³/mol. The highest BCUT2D eigenvalue weighted by molar-refractivity contribution is 6.01. The third-order valence-corrected chi connectivity index (χ3v) is 4.80. The second kappa shape index (κ2) is 7.91. The number of amides is 1. The highest BCUT2D eigenvalue weighted by atomic mass is 19.1. The molecule has 0 saturated carbocycles. The number of halogens is 1. The van der Waals surface area contributed by atoms with Crippen molar-refractivity contribution in [3.63, 3.8) is 0 Å². The fourth-order valence-electron chi connectivity index (χ4n) is 3.17. The Bertz CT molecular complexity index is 1230. The summed E-state index contributed by atoms with van der Waals surface area (Å²) in [5, 5.41) is 7.16. The molecule has 0 aliphatic carbocycles. The molecule has 4 aromatic rings. The van der Waals surface area contributed by atoms with Crippen molar-refractivity contribution in [2.45, 2.75) is 20.8 Å². The van der Waals surface area contributed by atoms with Crippen LogP contribution in [0.15, 0.2) is 66.7 Å². The third kappa shape index (κ3) is 3.98. The Kier molecular flexibility index (Phi) is 5.14. The topological polar surface area (TPSA) is 59.8 Å².